The zero-order valence-corrected chi connectivity index (χ0v) is 15.8. The van der Waals surface area contributed by atoms with Crippen molar-refractivity contribution in [2.75, 3.05) is 33.7 Å². The first-order chi connectivity index (χ1) is 11.7. The van der Waals surface area contributed by atoms with Gasteiger partial charge in [0.05, 0.1) is 17.3 Å². The van der Waals surface area contributed by atoms with Crippen LogP contribution in [0.25, 0.3) is 11.0 Å². The summed E-state index contributed by atoms with van der Waals surface area (Å²) < 4.78 is 1.77. The Hall–Kier alpha value is -1.95. The minimum atomic E-state index is 0.0962. The van der Waals surface area contributed by atoms with E-state index in [0.29, 0.717) is 16.9 Å². The van der Waals surface area contributed by atoms with E-state index >= 15 is 0 Å². The average molecular weight is 341 g/mol. The Morgan fingerprint density at radius 2 is 2.12 bits per heavy atom. The highest BCUT2D eigenvalue weighted by Gasteiger charge is 2.63. The van der Waals surface area contributed by atoms with Gasteiger partial charge >= 0.3 is 0 Å². The van der Waals surface area contributed by atoms with E-state index < -0.39 is 0 Å². The van der Waals surface area contributed by atoms with Gasteiger partial charge in [0.1, 0.15) is 5.52 Å². The molecule has 1 aliphatic heterocycles. The van der Waals surface area contributed by atoms with Crippen molar-refractivity contribution in [3.8, 4) is 0 Å². The number of aryl methyl sites for hydroxylation is 1. The molecule has 0 unspecified atom stereocenters. The summed E-state index contributed by atoms with van der Waals surface area (Å²) >= 11 is 0. The van der Waals surface area contributed by atoms with Gasteiger partial charge in [0.25, 0.3) is 5.91 Å². The van der Waals surface area contributed by atoms with E-state index in [4.69, 9.17) is 0 Å². The predicted molar refractivity (Wildman–Crippen MR) is 97.3 cm³/mol. The molecule has 134 valence electrons. The number of rotatable bonds is 3. The van der Waals surface area contributed by atoms with Crippen molar-refractivity contribution in [2.45, 2.75) is 20.3 Å². The Balaban J connectivity index is 1.61. The highest BCUT2D eigenvalue weighted by Crippen LogP contribution is 2.62. The summed E-state index contributed by atoms with van der Waals surface area (Å²) in [6.07, 6.45) is 4.61. The molecule has 6 nitrogen and oxygen atoms in total. The van der Waals surface area contributed by atoms with E-state index in [-0.39, 0.29) is 11.3 Å². The molecular formula is C19H27N5O. The smallest absolute Gasteiger partial charge is 0.255 e. The number of carbonyl (C=O) groups is 1. The number of pyridine rings is 1. The monoisotopic (exact) mass is 341 g/mol. The zero-order chi connectivity index (χ0) is 18.0. The molecule has 2 aliphatic rings. The fourth-order valence-electron chi connectivity index (χ4n) is 5.45. The quantitative estimate of drug-likeness (QED) is 0.857. The lowest BCUT2D eigenvalue weighted by Crippen LogP contribution is -2.57. The van der Waals surface area contributed by atoms with E-state index in [9.17, 15) is 4.79 Å². The third-order valence-electron chi connectivity index (χ3n) is 6.16. The highest BCUT2D eigenvalue weighted by molar-refractivity contribution is 5.97. The molecule has 2 fully saturated rings. The summed E-state index contributed by atoms with van der Waals surface area (Å²) in [6.45, 7) is 7.42. The molecule has 6 heteroatoms. The van der Waals surface area contributed by atoms with Crippen LogP contribution in [-0.2, 0) is 7.05 Å². The van der Waals surface area contributed by atoms with Gasteiger partial charge in [-0.1, -0.05) is 13.8 Å². The second kappa shape index (κ2) is 5.27. The first kappa shape index (κ1) is 16.5. The van der Waals surface area contributed by atoms with E-state index in [0.717, 1.165) is 30.7 Å². The van der Waals surface area contributed by atoms with Crippen molar-refractivity contribution in [1.29, 1.82) is 0 Å². The Labute approximate surface area is 148 Å². The molecule has 0 aromatic carbocycles. The van der Waals surface area contributed by atoms with Gasteiger partial charge in [-0.3, -0.25) is 14.5 Å². The Morgan fingerprint density at radius 3 is 2.80 bits per heavy atom. The summed E-state index contributed by atoms with van der Waals surface area (Å²) in [7, 11) is 6.13. The number of fused-ring (bicyclic) bond motifs is 2. The molecule has 2 atom stereocenters. The van der Waals surface area contributed by atoms with Crippen LogP contribution >= 0.6 is 0 Å². The number of hydrogen-bond acceptors (Lipinski definition) is 4. The zero-order valence-electron chi connectivity index (χ0n) is 15.8. The molecule has 1 saturated carbocycles. The van der Waals surface area contributed by atoms with Crippen LogP contribution in [0.4, 0.5) is 0 Å². The van der Waals surface area contributed by atoms with Crippen LogP contribution in [0, 0.1) is 16.7 Å². The molecular weight excluding hydrogens is 314 g/mol. The van der Waals surface area contributed by atoms with Gasteiger partial charge in [-0.15, -0.1) is 0 Å². The minimum Gasteiger partial charge on any atom is -0.338 e. The molecule has 1 amide bonds. The maximum Gasteiger partial charge on any atom is 0.255 e. The number of likely N-dealkylation sites (tertiary alicyclic amines) is 1. The fraction of sp³-hybridized carbons (Fsp3) is 0.632. The normalized spacial score (nSPS) is 27.6. The largest absolute Gasteiger partial charge is 0.338 e. The van der Waals surface area contributed by atoms with E-state index in [1.807, 2.05) is 18.0 Å². The van der Waals surface area contributed by atoms with Crippen LogP contribution in [0.3, 0.4) is 0 Å². The number of hydrogen-bond donors (Lipinski definition) is 0. The Bertz CT molecular complexity index is 835. The number of nitrogens with zero attached hydrogens (tertiary/aromatic N) is 5. The van der Waals surface area contributed by atoms with Gasteiger partial charge in [0, 0.05) is 38.3 Å². The molecule has 3 heterocycles. The van der Waals surface area contributed by atoms with Crippen LogP contribution in [0.5, 0.6) is 0 Å². The average Bonchev–Trinajstić information content (AvgIpc) is 3.05. The van der Waals surface area contributed by atoms with Crippen LogP contribution in [0.2, 0.25) is 0 Å². The molecule has 2 aromatic rings. The second-order valence-corrected chi connectivity index (χ2v) is 8.90. The molecule has 2 aromatic heterocycles. The van der Waals surface area contributed by atoms with Crippen LogP contribution < -0.4 is 0 Å². The van der Waals surface area contributed by atoms with Crippen LogP contribution in [0.15, 0.2) is 18.5 Å². The van der Waals surface area contributed by atoms with Crippen molar-refractivity contribution < 1.29 is 4.79 Å². The lowest BCUT2D eigenvalue weighted by molar-refractivity contribution is -0.0789. The van der Waals surface area contributed by atoms with Crippen molar-refractivity contribution in [3.05, 3.63) is 24.0 Å². The lowest BCUT2D eigenvalue weighted by atomic mass is 9.48. The maximum atomic E-state index is 13.1. The predicted octanol–water partition coefficient (Wildman–Crippen LogP) is 2.02. The molecule has 4 rings (SSSR count). The van der Waals surface area contributed by atoms with E-state index in [1.165, 1.54) is 6.42 Å². The molecule has 0 spiro atoms. The first-order valence-electron chi connectivity index (χ1n) is 8.94. The van der Waals surface area contributed by atoms with Gasteiger partial charge < -0.3 is 9.80 Å². The summed E-state index contributed by atoms with van der Waals surface area (Å²) in [6, 6.07) is 1.92. The van der Waals surface area contributed by atoms with Crippen molar-refractivity contribution in [3.63, 3.8) is 0 Å². The molecule has 0 bridgehead atoms. The first-order valence-corrected chi connectivity index (χ1v) is 8.94. The highest BCUT2D eigenvalue weighted by atomic mass is 16.2. The number of aromatic nitrogens is 3. The number of amides is 1. The third-order valence-corrected chi connectivity index (χ3v) is 6.16. The Morgan fingerprint density at radius 1 is 1.36 bits per heavy atom. The summed E-state index contributed by atoms with van der Waals surface area (Å²) in [5.74, 6) is 0.665. The van der Waals surface area contributed by atoms with E-state index in [2.05, 4.69) is 42.9 Å². The van der Waals surface area contributed by atoms with Gasteiger partial charge in [-0.2, -0.15) is 5.10 Å². The standard InChI is InChI=1S/C19H27N5O/c1-18(2)10-19(11-22(3)4)12-24(9-16(18)19)17(25)13-6-15-14(20-7-13)8-21-23(15)5/h6-8,16H,9-12H2,1-5H3/t16-,19+/m1/s1. The van der Waals surface area contributed by atoms with Gasteiger partial charge in [0.15, 0.2) is 0 Å². The second-order valence-electron chi connectivity index (χ2n) is 8.90. The van der Waals surface area contributed by atoms with Gasteiger partial charge in [-0.25, -0.2) is 0 Å². The van der Waals surface area contributed by atoms with Crippen LogP contribution in [-0.4, -0.2) is 64.2 Å². The maximum absolute atomic E-state index is 13.1. The van der Waals surface area contributed by atoms with E-state index in [1.54, 1.807) is 17.1 Å². The molecule has 1 aliphatic carbocycles. The molecule has 0 N–H and O–H groups in total. The Kier molecular flexibility index (Phi) is 3.48. The van der Waals surface area contributed by atoms with Gasteiger partial charge in [0.2, 0.25) is 0 Å². The van der Waals surface area contributed by atoms with Crippen molar-refractivity contribution in [1.82, 2.24) is 24.6 Å². The summed E-state index contributed by atoms with van der Waals surface area (Å²) in [5, 5.41) is 4.21. The molecule has 1 saturated heterocycles. The summed E-state index contributed by atoms with van der Waals surface area (Å²) in [4.78, 5) is 21.8. The minimum absolute atomic E-state index is 0.0962. The topological polar surface area (TPSA) is 54.3 Å². The number of carbonyl (C=O) groups excluding carboxylic acids is 1. The summed E-state index contributed by atoms with van der Waals surface area (Å²) in [5.41, 5.74) is 2.94. The fourth-order valence-corrected chi connectivity index (χ4v) is 5.45. The molecule has 0 radical (unpaired) electrons. The van der Waals surface area contributed by atoms with Crippen molar-refractivity contribution >= 4 is 16.9 Å². The SMILES string of the molecule is CN(C)C[C@@]12CN(C(=O)c3cnc4cnn(C)c4c3)C[C@@H]1C(C)(C)C2. The van der Waals surface area contributed by atoms with Gasteiger partial charge in [-0.05, 0) is 37.9 Å². The lowest BCUT2D eigenvalue weighted by Gasteiger charge is -2.57. The van der Waals surface area contributed by atoms with Crippen LogP contribution in [0.1, 0.15) is 30.6 Å². The third kappa shape index (κ3) is 2.46. The van der Waals surface area contributed by atoms with Crippen molar-refractivity contribution in [2.24, 2.45) is 23.8 Å². The molecule has 25 heavy (non-hydrogen) atoms.